The van der Waals surface area contributed by atoms with Crippen LogP contribution in [0.15, 0.2) is 0 Å². The Kier molecular flexibility index (Phi) is 105. The Morgan fingerprint density at radius 1 is 0.282 bits per heavy atom. The maximum atomic E-state index is 7.13. The topological polar surface area (TPSA) is 134 Å². The summed E-state index contributed by atoms with van der Waals surface area (Å²) in [6.45, 7) is 0. The Morgan fingerprint density at radius 3 is 0.282 bits per heavy atom. The molecule has 0 aliphatic rings. The van der Waals surface area contributed by atoms with Crippen LogP contribution in [0.3, 0.4) is 0 Å². The van der Waals surface area contributed by atoms with Gasteiger partial charge in [-0.2, -0.15) is 31.0 Å². The number of thiocarbonyl (C=S) groups is 6. The smallest absolute Gasteiger partial charge is 0.753 e. The SMILES string of the molecule is C[N+](C)(C)C.C[N+](C)(C)C.C[N+](C)(C)C.C[N+](C)(C)C.[Mn+2].[N-]=C=S.[N-]=C=S.[N-]=C=S.[N-]=C=S.[N-]=C=S.[N-]=C=S. The number of rotatable bonds is 0. The van der Waals surface area contributed by atoms with Crippen LogP contribution < -0.4 is 0 Å². The first kappa shape index (κ1) is 71.4. The number of nitrogens with zero attached hydrogens (tertiary/aromatic N) is 10. The van der Waals surface area contributed by atoms with E-state index >= 15 is 0 Å². The summed E-state index contributed by atoms with van der Waals surface area (Å²) in [6, 6.07) is 0. The van der Waals surface area contributed by atoms with Gasteiger partial charge in [0.25, 0.3) is 0 Å². The van der Waals surface area contributed by atoms with Crippen molar-refractivity contribution in [2.24, 2.45) is 0 Å². The summed E-state index contributed by atoms with van der Waals surface area (Å²) in [6.07, 6.45) is 0. The van der Waals surface area contributed by atoms with E-state index in [4.69, 9.17) is 32.5 Å². The second-order valence-electron chi connectivity index (χ2n) is 11.3. The van der Waals surface area contributed by atoms with E-state index in [0.717, 1.165) is 17.9 Å². The molecule has 0 saturated heterocycles. The molecule has 0 bridgehead atoms. The van der Waals surface area contributed by atoms with Crippen molar-refractivity contribution in [3.63, 3.8) is 0 Å². The molecule has 0 amide bonds. The first-order chi connectivity index (χ1) is 16.5. The van der Waals surface area contributed by atoms with Crippen LogP contribution in [0, 0.1) is 0 Å². The largest absolute Gasteiger partial charge is 2.00 e. The van der Waals surface area contributed by atoms with Gasteiger partial charge in [0.1, 0.15) is 0 Å². The second kappa shape index (κ2) is 57.1. The van der Waals surface area contributed by atoms with E-state index < -0.39 is 0 Å². The minimum Gasteiger partial charge on any atom is -0.753 e. The maximum absolute atomic E-state index is 7.13. The summed E-state index contributed by atoms with van der Waals surface area (Å²) in [4.78, 5) is 0. The zero-order valence-electron chi connectivity index (χ0n) is 26.3. The fourth-order valence-corrected chi connectivity index (χ4v) is 0. The summed E-state index contributed by atoms with van der Waals surface area (Å²) in [5.41, 5.74) is 0. The summed E-state index contributed by atoms with van der Waals surface area (Å²) >= 11 is 22.2. The minimum atomic E-state index is 0. The van der Waals surface area contributed by atoms with Crippen molar-refractivity contribution in [1.82, 2.24) is 0 Å². The third kappa shape index (κ3) is 65000. The first-order valence-electron chi connectivity index (χ1n) is 9.72. The molecular formula is C22H48MnN10S6. The van der Waals surface area contributed by atoms with Gasteiger partial charge in [-0.05, 0) is 0 Å². The van der Waals surface area contributed by atoms with Crippen LogP contribution in [0.2, 0.25) is 0 Å². The van der Waals surface area contributed by atoms with E-state index in [1.54, 1.807) is 0 Å². The van der Waals surface area contributed by atoms with Gasteiger partial charge in [0, 0.05) is 0 Å². The van der Waals surface area contributed by atoms with Crippen molar-refractivity contribution in [2.45, 2.75) is 0 Å². The molecule has 0 rings (SSSR count). The molecule has 0 aromatic heterocycles. The third-order valence-corrected chi connectivity index (χ3v) is 0. The van der Waals surface area contributed by atoms with Gasteiger partial charge in [0.05, 0.1) is 113 Å². The van der Waals surface area contributed by atoms with Crippen LogP contribution in [-0.4, -0.2) is 162 Å². The van der Waals surface area contributed by atoms with Gasteiger partial charge in [0.15, 0.2) is 0 Å². The van der Waals surface area contributed by atoms with Gasteiger partial charge in [-0.15, -0.1) is 0 Å². The van der Waals surface area contributed by atoms with Crippen molar-refractivity contribution < 1.29 is 35.0 Å². The average molecular weight is 700 g/mol. The molecule has 229 valence electrons. The van der Waals surface area contributed by atoms with Gasteiger partial charge < -0.3 is 50.4 Å². The Morgan fingerprint density at radius 2 is 0.282 bits per heavy atom. The van der Waals surface area contributed by atoms with Gasteiger partial charge in [-0.25, -0.2) is 0 Å². The van der Waals surface area contributed by atoms with Gasteiger partial charge in [-0.3, -0.25) is 0 Å². The van der Waals surface area contributed by atoms with E-state index in [1.165, 1.54) is 31.0 Å². The molecule has 0 aromatic carbocycles. The molecular weight excluding hydrogens is 652 g/mol. The predicted molar refractivity (Wildman–Crippen MR) is 192 cm³/mol. The fourth-order valence-electron chi connectivity index (χ4n) is 0. The predicted octanol–water partition coefficient (Wildman–Crippen LogP) is 5.24. The van der Waals surface area contributed by atoms with E-state index in [1.807, 2.05) is 0 Å². The van der Waals surface area contributed by atoms with Crippen molar-refractivity contribution in [1.29, 1.82) is 0 Å². The molecule has 0 unspecified atom stereocenters. The van der Waals surface area contributed by atoms with Crippen LogP contribution in [0.1, 0.15) is 0 Å². The maximum Gasteiger partial charge on any atom is 2.00 e. The van der Waals surface area contributed by atoms with Gasteiger partial charge in [-0.1, -0.05) is 73.3 Å². The monoisotopic (exact) mass is 699 g/mol. The standard InChI is InChI=1S/4C4H12N.6CNS.Mn/c4*1-5(2,3)4;6*2-1-3;/h4*1-4H3;;;;;;;/q4*+1;6*-1;+2. The van der Waals surface area contributed by atoms with Crippen molar-refractivity contribution in [3.8, 4) is 0 Å². The number of hydrogen-bond acceptors (Lipinski definition) is 6. The van der Waals surface area contributed by atoms with Crippen molar-refractivity contribution >= 4 is 104 Å². The quantitative estimate of drug-likeness (QED) is 0.147. The molecule has 39 heavy (non-hydrogen) atoms. The Hall–Kier alpha value is -0.841. The molecule has 0 spiro atoms. The number of hydrogen-bond donors (Lipinski definition) is 0. The molecule has 0 atom stereocenters. The van der Waals surface area contributed by atoms with E-state index in [0.29, 0.717) is 0 Å². The van der Waals surface area contributed by atoms with Gasteiger partial charge in [0.2, 0.25) is 0 Å². The molecule has 0 saturated carbocycles. The molecule has 17 heteroatoms. The van der Waals surface area contributed by atoms with Gasteiger partial charge >= 0.3 is 17.1 Å². The van der Waals surface area contributed by atoms with Crippen LogP contribution >= 0.6 is 73.3 Å². The summed E-state index contributed by atoms with van der Waals surface area (Å²) < 4.78 is 4.00. The van der Waals surface area contributed by atoms with E-state index in [2.05, 4.69) is 186 Å². The van der Waals surface area contributed by atoms with Crippen LogP contribution in [0.5, 0.6) is 0 Å². The molecule has 0 heterocycles. The minimum absolute atomic E-state index is 0. The van der Waals surface area contributed by atoms with E-state index in [9.17, 15) is 0 Å². The number of isothiocyanates is 6. The molecule has 0 aliphatic carbocycles. The molecule has 1 radical (unpaired) electrons. The van der Waals surface area contributed by atoms with Crippen LogP contribution in [0.4, 0.5) is 0 Å². The normalized spacial score (nSPS) is 7.38. The van der Waals surface area contributed by atoms with Crippen molar-refractivity contribution in [3.05, 3.63) is 32.5 Å². The molecule has 0 aliphatic heterocycles. The summed E-state index contributed by atoms with van der Waals surface area (Å²) in [7, 11) is 34.0. The van der Waals surface area contributed by atoms with Crippen LogP contribution in [-0.2, 0) is 17.1 Å². The Bertz CT molecular complexity index is 505. The Labute approximate surface area is 282 Å². The van der Waals surface area contributed by atoms with Crippen LogP contribution in [0.25, 0.3) is 32.5 Å². The Balaban J connectivity index is -0.0000000250. The molecule has 0 aromatic rings. The van der Waals surface area contributed by atoms with Crippen molar-refractivity contribution in [2.75, 3.05) is 113 Å². The zero-order chi connectivity index (χ0) is 34.2. The molecule has 0 fully saturated rings. The molecule has 0 N–H and O–H groups in total. The first-order valence-corrected chi connectivity index (χ1v) is 12.2. The summed E-state index contributed by atoms with van der Waals surface area (Å²) in [5.74, 6) is 0. The zero-order valence-corrected chi connectivity index (χ0v) is 32.4. The second-order valence-corrected chi connectivity index (χ2v) is 12.4. The van der Waals surface area contributed by atoms with E-state index in [-0.39, 0.29) is 17.1 Å². The fraction of sp³-hybridized carbons (Fsp3) is 0.727. The summed E-state index contributed by atoms with van der Waals surface area (Å²) in [5, 5.41) is 50.8. The number of quaternary nitrogens is 4. The third-order valence-electron chi connectivity index (χ3n) is 0. The average Bonchev–Trinajstić information content (AvgIpc) is 2.52. The molecule has 10 nitrogen and oxygen atoms in total.